The van der Waals surface area contributed by atoms with Crippen LogP contribution < -0.4 is 0 Å². The molecule has 0 heterocycles. The van der Waals surface area contributed by atoms with Crippen molar-refractivity contribution in [2.45, 2.75) is 6.42 Å². The van der Waals surface area contributed by atoms with Crippen LogP contribution in [0.25, 0.3) is 0 Å². The average molecular weight is 177 g/mol. The van der Waals surface area contributed by atoms with Gasteiger partial charge in [-0.3, -0.25) is 6.08 Å². The van der Waals surface area contributed by atoms with Crippen LogP contribution >= 0.6 is 12.4 Å². The third-order valence-electron chi connectivity index (χ3n) is 0.586. The summed E-state index contributed by atoms with van der Waals surface area (Å²) >= 11 is 0. The smallest absolute Gasteiger partial charge is 0.358 e. The van der Waals surface area contributed by atoms with Gasteiger partial charge in [0.25, 0.3) is 0 Å². The molecule has 0 radical (unpaired) electrons. The van der Waals surface area contributed by atoms with Gasteiger partial charge in [0.1, 0.15) is 0 Å². The van der Waals surface area contributed by atoms with E-state index in [1.165, 1.54) is 0 Å². The van der Waals surface area contributed by atoms with Crippen molar-refractivity contribution in [1.82, 2.24) is 0 Å². The molecule has 0 aromatic heterocycles. The first-order chi connectivity index (χ1) is 2.50. The molecule has 0 saturated heterocycles. The van der Waals surface area contributed by atoms with Crippen molar-refractivity contribution < 1.29 is 25.8 Å². The molecular weight excluding hydrogens is 164 g/mol. The molecule has 0 unspecified atom stereocenters. The Morgan fingerprint density at radius 1 is 1.22 bits per heavy atom. The first-order valence-electron chi connectivity index (χ1n) is 1.72. The minimum absolute atomic E-state index is 0. The summed E-state index contributed by atoms with van der Waals surface area (Å²) in [5.41, 5.74) is 0. The molecule has 0 spiro atoms. The predicted molar refractivity (Wildman–Crippen MR) is 41.6 cm³/mol. The molecule has 9 heavy (non-hydrogen) atoms. The van der Waals surface area contributed by atoms with Gasteiger partial charge < -0.3 is 14.9 Å². The molecule has 0 aliphatic heterocycles. The van der Waals surface area contributed by atoms with Crippen LogP contribution in [-0.4, -0.2) is 0 Å². The fraction of sp³-hybridized carbons (Fsp3) is 0.143. The second kappa shape index (κ2) is 15.9. The zero-order valence-corrected chi connectivity index (χ0v) is 8.54. The average Bonchev–Trinajstić information content (AvgIpc) is 1.76. The van der Waals surface area contributed by atoms with E-state index in [0.717, 1.165) is 6.42 Å². The molecule has 0 nitrogen and oxygen atoms in total. The van der Waals surface area contributed by atoms with Gasteiger partial charge in [-0.2, -0.15) is 6.08 Å². The summed E-state index contributed by atoms with van der Waals surface area (Å²) in [6, 6.07) is 0. The molecule has 1 rings (SSSR count). The molecule has 0 bridgehead atoms. The van der Waals surface area contributed by atoms with Gasteiger partial charge in [-0.1, -0.05) is 0 Å². The van der Waals surface area contributed by atoms with Crippen LogP contribution in [0.4, 0.5) is 0 Å². The second-order valence-corrected chi connectivity index (χ2v) is 1.00. The monoisotopic (exact) mass is 176 g/mol. The Morgan fingerprint density at radius 3 is 1.89 bits per heavy atom. The Labute approximate surface area is 83.6 Å². The van der Waals surface area contributed by atoms with Crippen molar-refractivity contribution in [2.75, 3.05) is 0 Å². The fourth-order valence-electron chi connectivity index (χ4n) is 0.340. The van der Waals surface area contributed by atoms with E-state index in [2.05, 4.69) is 12.2 Å². The normalized spacial score (nSPS) is 9.78. The Hall–Kier alpha value is 0.640. The van der Waals surface area contributed by atoms with Crippen LogP contribution in [0, 0.1) is 20.9 Å². The maximum atomic E-state index is 2.99. The molecule has 0 aromatic carbocycles. The first-order valence-corrected chi connectivity index (χ1v) is 1.72. The van der Waals surface area contributed by atoms with Gasteiger partial charge in [-0.25, -0.2) is 12.2 Å². The van der Waals surface area contributed by atoms with Crippen molar-refractivity contribution in [3.63, 3.8) is 0 Å². The summed E-state index contributed by atoms with van der Waals surface area (Å²) in [7, 11) is 0. The molecule has 0 fully saturated rings. The molecule has 0 atom stereocenters. The summed E-state index contributed by atoms with van der Waals surface area (Å²) in [4.78, 5) is 0. The summed E-state index contributed by atoms with van der Waals surface area (Å²) in [6.07, 6.45) is 10.0. The number of halogens is 1. The van der Waals surface area contributed by atoms with Crippen molar-refractivity contribution in [1.29, 1.82) is 0 Å². The van der Waals surface area contributed by atoms with Gasteiger partial charge in [0.05, 0.1) is 0 Å². The minimum atomic E-state index is 0. The summed E-state index contributed by atoms with van der Waals surface area (Å²) < 4.78 is 0. The van der Waals surface area contributed by atoms with Gasteiger partial charge in [-0.05, 0) is 0 Å². The first kappa shape index (κ1) is 22.6. The van der Waals surface area contributed by atoms with Crippen molar-refractivity contribution >= 4 is 12.4 Å². The van der Waals surface area contributed by atoms with E-state index in [9.17, 15) is 0 Å². The molecule has 0 saturated carbocycles. The maximum absolute atomic E-state index is 2.99. The van der Waals surface area contributed by atoms with Gasteiger partial charge in [0, 0.05) is 0 Å². The van der Waals surface area contributed by atoms with Crippen LogP contribution in [0.1, 0.15) is 6.42 Å². The van der Waals surface area contributed by atoms with E-state index in [1.54, 1.807) is 0 Å². The number of allylic oxidation sites excluding steroid dienone is 4. The Balaban J connectivity index is -0.0000000312. The molecule has 0 amide bonds. The third kappa shape index (κ3) is 12.0. The Kier molecular flexibility index (Phi) is 39.9. The Bertz CT molecular complexity index is 67.0. The van der Waals surface area contributed by atoms with Crippen molar-refractivity contribution in [3.05, 3.63) is 39.2 Å². The van der Waals surface area contributed by atoms with E-state index in [0.29, 0.717) is 0 Å². The zero-order valence-electron chi connectivity index (χ0n) is 5.92. The zero-order chi connectivity index (χ0) is 3.54. The van der Waals surface area contributed by atoms with Crippen LogP contribution in [0.2, 0.25) is 0 Å². The largest absolute Gasteiger partial charge is 3.00 e. The van der Waals surface area contributed by atoms with Crippen LogP contribution in [0.15, 0.2) is 18.2 Å². The summed E-state index contributed by atoms with van der Waals surface area (Å²) in [5, 5.41) is 0. The molecular formula is C7H12ClSc. The summed E-state index contributed by atoms with van der Waals surface area (Å²) in [5.74, 6) is 0. The van der Waals surface area contributed by atoms with Gasteiger partial charge in [0.15, 0.2) is 0 Å². The molecule has 1 aliphatic rings. The predicted octanol–water partition coefficient (Wildman–Crippen LogP) is 2.63. The standard InChI is InChI=1S/C5H5.2CH3.ClH.Sc/c1-2-4-5-3-1;;;;/h1-3H,4H2;2*1H3;1H;/q3*-1;;+3. The number of rotatable bonds is 0. The minimum Gasteiger partial charge on any atom is -0.358 e. The number of hydrogen-bond donors (Lipinski definition) is 0. The van der Waals surface area contributed by atoms with E-state index in [1.807, 2.05) is 12.2 Å². The SMILES string of the molecule is Cl.[C-]1=CC=CC1.[CH3-].[CH3-].[Sc+3]. The second-order valence-electron chi connectivity index (χ2n) is 1.00. The van der Waals surface area contributed by atoms with Gasteiger partial charge in [0.2, 0.25) is 0 Å². The third-order valence-corrected chi connectivity index (χ3v) is 0.586. The molecule has 50 valence electrons. The van der Waals surface area contributed by atoms with E-state index < -0.39 is 0 Å². The molecule has 0 aromatic rings. The fourth-order valence-corrected chi connectivity index (χ4v) is 0.340. The molecule has 0 N–H and O–H groups in total. The van der Waals surface area contributed by atoms with Gasteiger partial charge in [-0.15, -0.1) is 18.8 Å². The van der Waals surface area contributed by atoms with E-state index in [4.69, 9.17) is 0 Å². The van der Waals surface area contributed by atoms with Crippen molar-refractivity contribution in [3.8, 4) is 0 Å². The Morgan fingerprint density at radius 2 is 1.78 bits per heavy atom. The van der Waals surface area contributed by atoms with Crippen LogP contribution in [0.3, 0.4) is 0 Å². The van der Waals surface area contributed by atoms with Crippen molar-refractivity contribution in [2.24, 2.45) is 0 Å². The number of hydrogen-bond acceptors (Lipinski definition) is 0. The molecule has 1 aliphatic carbocycles. The molecule has 2 heteroatoms. The van der Waals surface area contributed by atoms with Crippen LogP contribution in [-0.2, 0) is 25.8 Å². The topological polar surface area (TPSA) is 0 Å². The van der Waals surface area contributed by atoms with E-state index >= 15 is 0 Å². The van der Waals surface area contributed by atoms with Crippen LogP contribution in [0.5, 0.6) is 0 Å². The quantitative estimate of drug-likeness (QED) is 0.498. The summed E-state index contributed by atoms with van der Waals surface area (Å²) in [6.45, 7) is 0. The van der Waals surface area contributed by atoms with E-state index in [-0.39, 0.29) is 53.1 Å². The maximum Gasteiger partial charge on any atom is 3.00 e. The van der Waals surface area contributed by atoms with Gasteiger partial charge >= 0.3 is 25.8 Å².